The summed E-state index contributed by atoms with van der Waals surface area (Å²) in [4.78, 5) is 0.802. The van der Waals surface area contributed by atoms with Gasteiger partial charge in [-0.3, -0.25) is 0 Å². The Hall–Kier alpha value is -0.580. The Morgan fingerprint density at radius 3 is 2.94 bits per heavy atom. The van der Waals surface area contributed by atoms with Crippen molar-refractivity contribution in [3.05, 3.63) is 36.3 Å². The van der Waals surface area contributed by atoms with E-state index < -0.39 is 12.3 Å². The average molecular weight is 244 g/mol. The first-order valence-corrected chi connectivity index (χ1v) is 6.08. The highest BCUT2D eigenvalue weighted by Crippen LogP contribution is 2.32. The summed E-state index contributed by atoms with van der Waals surface area (Å²) in [6, 6.07) is 0. The second-order valence-electron chi connectivity index (χ2n) is 3.62. The zero-order valence-corrected chi connectivity index (χ0v) is 9.96. The molecule has 3 atom stereocenters. The Kier molecular flexibility index (Phi) is 5.80. The fraction of sp³-hybridized carbons (Fsp3) is 0.500. The van der Waals surface area contributed by atoms with Crippen molar-refractivity contribution in [2.24, 2.45) is 0 Å². The van der Waals surface area contributed by atoms with Gasteiger partial charge in [0.15, 0.2) is 0 Å². The molecule has 16 heavy (non-hydrogen) atoms. The van der Waals surface area contributed by atoms with Gasteiger partial charge in [-0.1, -0.05) is 37.1 Å². The van der Waals surface area contributed by atoms with Crippen LogP contribution in [-0.2, 0) is 4.74 Å². The fourth-order valence-electron chi connectivity index (χ4n) is 1.49. The number of halogens is 1. The van der Waals surface area contributed by atoms with Crippen LogP contribution in [0.2, 0.25) is 0 Å². The molecule has 1 saturated heterocycles. The van der Waals surface area contributed by atoms with Crippen molar-refractivity contribution in [3.8, 4) is 0 Å². The van der Waals surface area contributed by atoms with Crippen LogP contribution in [0, 0.1) is 0 Å². The minimum Gasteiger partial charge on any atom is -0.394 e. The standard InChI is InChI=1S/C12H17FO2S/c1-3-4-5-9(2)16-12-7-10(13)6-11(8-14)15-12/h3-5,10-12,14H,1-2,6-8H2/b5-4-. The molecule has 1 aliphatic heterocycles. The highest BCUT2D eigenvalue weighted by Gasteiger charge is 2.29. The molecule has 90 valence electrons. The number of aliphatic hydroxyl groups excluding tert-OH is 1. The normalized spacial score (nSPS) is 30.5. The molecule has 0 radical (unpaired) electrons. The van der Waals surface area contributed by atoms with Crippen molar-refractivity contribution in [3.63, 3.8) is 0 Å². The lowest BCUT2D eigenvalue weighted by molar-refractivity contribution is -0.0592. The molecule has 0 amide bonds. The summed E-state index contributed by atoms with van der Waals surface area (Å²) in [6.07, 6.45) is 4.56. The highest BCUT2D eigenvalue weighted by molar-refractivity contribution is 8.03. The number of hydrogen-bond donors (Lipinski definition) is 1. The zero-order valence-electron chi connectivity index (χ0n) is 9.14. The van der Waals surface area contributed by atoms with Gasteiger partial charge < -0.3 is 9.84 Å². The lowest BCUT2D eigenvalue weighted by Crippen LogP contribution is -2.34. The first-order valence-electron chi connectivity index (χ1n) is 5.20. The summed E-state index contributed by atoms with van der Waals surface area (Å²) in [7, 11) is 0. The maximum Gasteiger partial charge on any atom is 0.111 e. The number of allylic oxidation sites excluding steroid dienone is 3. The first-order chi connectivity index (χ1) is 7.65. The molecule has 1 heterocycles. The third kappa shape index (κ3) is 4.51. The molecule has 3 unspecified atom stereocenters. The predicted octanol–water partition coefficient (Wildman–Crippen LogP) is 2.81. The quantitative estimate of drug-likeness (QED) is 0.754. The smallest absolute Gasteiger partial charge is 0.111 e. The van der Waals surface area contributed by atoms with E-state index in [1.165, 1.54) is 11.8 Å². The van der Waals surface area contributed by atoms with Gasteiger partial charge in [-0.2, -0.15) is 0 Å². The van der Waals surface area contributed by atoms with Crippen molar-refractivity contribution in [2.75, 3.05) is 6.61 Å². The largest absolute Gasteiger partial charge is 0.394 e. The van der Waals surface area contributed by atoms with Crippen LogP contribution in [0.15, 0.2) is 36.3 Å². The second kappa shape index (κ2) is 6.89. The van der Waals surface area contributed by atoms with E-state index in [1.807, 2.05) is 0 Å². The molecule has 1 aliphatic rings. The Bertz CT molecular complexity index is 278. The SMILES string of the molecule is C=C/C=C\C(=C)SC1CC(F)CC(CO)O1. The van der Waals surface area contributed by atoms with E-state index in [1.54, 1.807) is 18.2 Å². The molecule has 2 nitrogen and oxygen atoms in total. The van der Waals surface area contributed by atoms with Gasteiger partial charge in [0.25, 0.3) is 0 Å². The van der Waals surface area contributed by atoms with E-state index in [4.69, 9.17) is 9.84 Å². The van der Waals surface area contributed by atoms with Gasteiger partial charge in [-0.25, -0.2) is 4.39 Å². The van der Waals surface area contributed by atoms with Crippen molar-refractivity contribution < 1.29 is 14.2 Å². The van der Waals surface area contributed by atoms with Crippen molar-refractivity contribution in [2.45, 2.75) is 30.6 Å². The lowest BCUT2D eigenvalue weighted by Gasteiger charge is -2.30. The summed E-state index contributed by atoms with van der Waals surface area (Å²) in [6.45, 7) is 7.25. The van der Waals surface area contributed by atoms with Gasteiger partial charge in [0.1, 0.15) is 11.6 Å². The number of aliphatic hydroxyl groups is 1. The molecule has 1 rings (SSSR count). The van der Waals surface area contributed by atoms with Crippen molar-refractivity contribution >= 4 is 11.8 Å². The van der Waals surface area contributed by atoms with Gasteiger partial charge in [-0.15, -0.1) is 0 Å². The van der Waals surface area contributed by atoms with E-state index in [-0.39, 0.29) is 18.5 Å². The van der Waals surface area contributed by atoms with E-state index >= 15 is 0 Å². The van der Waals surface area contributed by atoms with Crippen LogP contribution in [0.3, 0.4) is 0 Å². The summed E-state index contributed by atoms with van der Waals surface area (Å²) in [5.41, 5.74) is -0.261. The Morgan fingerprint density at radius 2 is 2.31 bits per heavy atom. The lowest BCUT2D eigenvalue weighted by atomic mass is 10.1. The van der Waals surface area contributed by atoms with Crippen molar-refractivity contribution in [1.29, 1.82) is 0 Å². The maximum atomic E-state index is 13.3. The molecule has 0 bridgehead atoms. The van der Waals surface area contributed by atoms with Crippen LogP contribution < -0.4 is 0 Å². The van der Waals surface area contributed by atoms with E-state index in [9.17, 15) is 4.39 Å². The molecule has 0 aromatic heterocycles. The van der Waals surface area contributed by atoms with Gasteiger partial charge in [0, 0.05) is 17.7 Å². The number of hydrogen-bond acceptors (Lipinski definition) is 3. The van der Waals surface area contributed by atoms with Crippen LogP contribution in [0.4, 0.5) is 4.39 Å². The molecule has 1 N–H and O–H groups in total. The van der Waals surface area contributed by atoms with E-state index in [0.29, 0.717) is 6.42 Å². The highest BCUT2D eigenvalue weighted by atomic mass is 32.2. The molecule has 0 aliphatic carbocycles. The number of ether oxygens (including phenoxy) is 1. The molecule has 0 saturated carbocycles. The number of rotatable bonds is 5. The Balaban J connectivity index is 2.44. The molecular formula is C12H17FO2S. The molecular weight excluding hydrogens is 227 g/mol. The average Bonchev–Trinajstić information content (AvgIpc) is 2.25. The molecule has 0 spiro atoms. The molecule has 4 heteroatoms. The van der Waals surface area contributed by atoms with Crippen LogP contribution in [0.1, 0.15) is 12.8 Å². The number of alkyl halides is 1. The van der Waals surface area contributed by atoms with Crippen LogP contribution in [0.25, 0.3) is 0 Å². The number of thioether (sulfide) groups is 1. The molecule has 1 fully saturated rings. The van der Waals surface area contributed by atoms with Crippen LogP contribution in [0.5, 0.6) is 0 Å². The summed E-state index contributed by atoms with van der Waals surface area (Å²) < 4.78 is 18.8. The third-order valence-corrected chi connectivity index (χ3v) is 3.22. The van der Waals surface area contributed by atoms with Gasteiger partial charge >= 0.3 is 0 Å². The molecule has 0 aromatic rings. The topological polar surface area (TPSA) is 29.5 Å². The van der Waals surface area contributed by atoms with Gasteiger partial charge in [-0.05, 0) is 6.08 Å². The van der Waals surface area contributed by atoms with Crippen molar-refractivity contribution in [1.82, 2.24) is 0 Å². The van der Waals surface area contributed by atoms with E-state index in [0.717, 1.165) is 4.91 Å². The monoisotopic (exact) mass is 244 g/mol. The van der Waals surface area contributed by atoms with Gasteiger partial charge in [0.2, 0.25) is 0 Å². The van der Waals surface area contributed by atoms with Crippen LogP contribution in [-0.4, -0.2) is 29.4 Å². The summed E-state index contributed by atoms with van der Waals surface area (Å²) in [5.74, 6) is 0. The van der Waals surface area contributed by atoms with E-state index in [2.05, 4.69) is 13.2 Å². The zero-order chi connectivity index (χ0) is 12.0. The predicted molar refractivity (Wildman–Crippen MR) is 65.9 cm³/mol. The Morgan fingerprint density at radius 1 is 1.56 bits per heavy atom. The second-order valence-corrected chi connectivity index (χ2v) is 4.90. The maximum absolute atomic E-state index is 13.3. The van der Waals surface area contributed by atoms with Gasteiger partial charge in [0.05, 0.1) is 12.7 Å². The minimum absolute atomic E-state index is 0.132. The third-order valence-electron chi connectivity index (χ3n) is 2.22. The van der Waals surface area contributed by atoms with Crippen LogP contribution >= 0.6 is 11.8 Å². The summed E-state index contributed by atoms with van der Waals surface area (Å²) >= 11 is 1.38. The Labute approximate surface area is 99.9 Å². The first kappa shape index (κ1) is 13.5. The molecule has 0 aromatic carbocycles. The fourth-order valence-corrected chi connectivity index (χ4v) is 2.51. The summed E-state index contributed by atoms with van der Waals surface area (Å²) in [5, 5.41) is 8.95. The minimum atomic E-state index is -0.903.